The lowest BCUT2D eigenvalue weighted by atomic mass is 9.82. The van der Waals surface area contributed by atoms with Gasteiger partial charge < -0.3 is 10.7 Å². The molecule has 0 aliphatic heterocycles. The molecule has 5 heteroatoms. The van der Waals surface area contributed by atoms with Crippen molar-refractivity contribution < 1.29 is 9.59 Å². The lowest BCUT2D eigenvalue weighted by Gasteiger charge is -2.20. The van der Waals surface area contributed by atoms with E-state index in [2.05, 4.69) is 4.98 Å². The van der Waals surface area contributed by atoms with Crippen molar-refractivity contribution in [3.63, 3.8) is 0 Å². The normalized spacial score (nSPS) is 13.1. The summed E-state index contributed by atoms with van der Waals surface area (Å²) in [5, 5.41) is 0.926. The van der Waals surface area contributed by atoms with E-state index in [1.807, 2.05) is 6.07 Å². The van der Waals surface area contributed by atoms with Crippen LogP contribution in [0, 0.1) is 0 Å². The Morgan fingerprint density at radius 2 is 1.42 bits per heavy atom. The number of rotatable bonds is 0. The largest absolute Gasteiger partial charge is 0.398 e. The molecule has 0 unspecified atom stereocenters. The van der Waals surface area contributed by atoms with Gasteiger partial charge in [-0.2, -0.15) is 0 Å². The SMILES string of the molecule is Nc1cccc2c1C(=O)c1ccc3c(=O)c4ccccc4[nH]c3c1C2=O. The molecule has 1 aliphatic rings. The van der Waals surface area contributed by atoms with Gasteiger partial charge in [-0.25, -0.2) is 0 Å². The number of anilines is 1. The topological polar surface area (TPSA) is 93.0 Å². The van der Waals surface area contributed by atoms with Crippen LogP contribution in [0.3, 0.4) is 0 Å². The number of carbonyl (C=O) groups excluding carboxylic acids is 2. The first-order valence-corrected chi connectivity index (χ1v) is 8.13. The Morgan fingerprint density at radius 3 is 2.27 bits per heavy atom. The number of hydrogen-bond donors (Lipinski definition) is 2. The quantitative estimate of drug-likeness (QED) is 0.335. The van der Waals surface area contributed by atoms with Gasteiger partial charge in [0.1, 0.15) is 0 Å². The Morgan fingerprint density at radius 1 is 0.692 bits per heavy atom. The second-order valence-corrected chi connectivity index (χ2v) is 6.34. The van der Waals surface area contributed by atoms with Crippen molar-refractivity contribution in [3.05, 3.63) is 87.1 Å². The second kappa shape index (κ2) is 4.89. The molecule has 124 valence electrons. The Hall–Kier alpha value is -3.73. The van der Waals surface area contributed by atoms with Crippen molar-refractivity contribution in [1.29, 1.82) is 0 Å². The average Bonchev–Trinajstić information content (AvgIpc) is 2.65. The number of aromatic amines is 1. The molecule has 4 aromatic rings. The van der Waals surface area contributed by atoms with Crippen molar-refractivity contribution in [1.82, 2.24) is 4.98 Å². The molecule has 26 heavy (non-hydrogen) atoms. The summed E-state index contributed by atoms with van der Waals surface area (Å²) in [5.41, 5.74) is 8.04. The van der Waals surface area contributed by atoms with Crippen LogP contribution < -0.4 is 11.2 Å². The highest BCUT2D eigenvalue weighted by Gasteiger charge is 2.33. The van der Waals surface area contributed by atoms with E-state index in [-0.39, 0.29) is 44.9 Å². The fourth-order valence-corrected chi connectivity index (χ4v) is 3.70. The number of nitrogens with one attached hydrogen (secondary N) is 1. The first kappa shape index (κ1) is 14.6. The van der Waals surface area contributed by atoms with Crippen LogP contribution in [-0.4, -0.2) is 16.6 Å². The van der Waals surface area contributed by atoms with Crippen molar-refractivity contribution >= 4 is 39.1 Å². The number of H-pyrrole nitrogens is 1. The molecule has 1 aliphatic carbocycles. The molecule has 0 bridgehead atoms. The van der Waals surface area contributed by atoms with Crippen molar-refractivity contribution in [3.8, 4) is 0 Å². The first-order valence-electron chi connectivity index (χ1n) is 8.13. The Kier molecular flexibility index (Phi) is 2.75. The Bertz CT molecular complexity index is 1350. The number of aromatic nitrogens is 1. The van der Waals surface area contributed by atoms with Gasteiger partial charge in [0.15, 0.2) is 17.0 Å². The average molecular weight is 340 g/mol. The number of benzene rings is 3. The summed E-state index contributed by atoms with van der Waals surface area (Å²) in [6.07, 6.45) is 0. The third-order valence-corrected chi connectivity index (χ3v) is 4.92. The van der Waals surface area contributed by atoms with Crippen LogP contribution in [0.15, 0.2) is 59.4 Å². The third-order valence-electron chi connectivity index (χ3n) is 4.92. The molecule has 0 spiro atoms. The number of ketones is 2. The Balaban J connectivity index is 1.96. The van der Waals surface area contributed by atoms with Crippen molar-refractivity contribution in [2.75, 3.05) is 5.73 Å². The second-order valence-electron chi connectivity index (χ2n) is 6.34. The summed E-state index contributed by atoms with van der Waals surface area (Å²) >= 11 is 0. The summed E-state index contributed by atoms with van der Waals surface area (Å²) in [6.45, 7) is 0. The highest BCUT2D eigenvalue weighted by molar-refractivity contribution is 6.33. The van der Waals surface area contributed by atoms with E-state index in [4.69, 9.17) is 5.73 Å². The maximum absolute atomic E-state index is 13.1. The van der Waals surface area contributed by atoms with Gasteiger partial charge in [0, 0.05) is 33.1 Å². The monoisotopic (exact) mass is 340 g/mol. The predicted molar refractivity (Wildman–Crippen MR) is 99.8 cm³/mol. The summed E-state index contributed by atoms with van der Waals surface area (Å²) < 4.78 is 0. The van der Waals surface area contributed by atoms with E-state index in [0.29, 0.717) is 21.8 Å². The van der Waals surface area contributed by atoms with Crippen LogP contribution in [-0.2, 0) is 0 Å². The standard InChI is InChI=1S/C21H12N2O3/c22-14-6-3-5-11-16(14)20(25)12-8-9-13-18(17(12)21(11)26)23-15-7-2-1-4-10(15)19(13)24/h1-9H,22H2,(H,23,24). The van der Waals surface area contributed by atoms with Gasteiger partial charge in [0.25, 0.3) is 0 Å². The minimum atomic E-state index is -0.307. The van der Waals surface area contributed by atoms with Gasteiger partial charge in [-0.1, -0.05) is 24.3 Å². The van der Waals surface area contributed by atoms with Crippen molar-refractivity contribution in [2.45, 2.75) is 0 Å². The fourth-order valence-electron chi connectivity index (χ4n) is 3.70. The molecule has 5 rings (SSSR count). The van der Waals surface area contributed by atoms with Gasteiger partial charge in [-0.15, -0.1) is 0 Å². The van der Waals surface area contributed by atoms with Crippen LogP contribution in [0.2, 0.25) is 0 Å². The molecule has 0 saturated heterocycles. The van der Waals surface area contributed by atoms with Crippen LogP contribution in [0.25, 0.3) is 21.8 Å². The molecule has 0 amide bonds. The van der Waals surface area contributed by atoms with Gasteiger partial charge >= 0.3 is 0 Å². The van der Waals surface area contributed by atoms with Gasteiger partial charge in [0.05, 0.1) is 16.6 Å². The maximum Gasteiger partial charge on any atom is 0.197 e. The zero-order valence-corrected chi connectivity index (χ0v) is 13.5. The van der Waals surface area contributed by atoms with E-state index >= 15 is 0 Å². The molecule has 3 aromatic carbocycles. The number of nitrogens with two attached hydrogens (primary N) is 1. The van der Waals surface area contributed by atoms with Crippen LogP contribution in [0.4, 0.5) is 5.69 Å². The maximum atomic E-state index is 13.1. The van der Waals surface area contributed by atoms with Gasteiger partial charge in [0.2, 0.25) is 0 Å². The molecular formula is C21H12N2O3. The number of para-hydroxylation sites is 1. The number of hydrogen-bond acceptors (Lipinski definition) is 4. The molecule has 0 fully saturated rings. The van der Waals surface area contributed by atoms with Crippen LogP contribution >= 0.6 is 0 Å². The molecule has 1 heterocycles. The fraction of sp³-hybridized carbons (Fsp3) is 0. The predicted octanol–water partition coefficient (Wildman–Crippen LogP) is 3.04. The molecular weight excluding hydrogens is 328 g/mol. The van der Waals surface area contributed by atoms with Crippen LogP contribution in [0.5, 0.6) is 0 Å². The molecule has 5 nitrogen and oxygen atoms in total. The smallest absolute Gasteiger partial charge is 0.197 e. The zero-order chi connectivity index (χ0) is 18.0. The van der Waals surface area contributed by atoms with Crippen molar-refractivity contribution in [2.24, 2.45) is 0 Å². The van der Waals surface area contributed by atoms with E-state index in [1.165, 1.54) is 6.07 Å². The van der Waals surface area contributed by atoms with E-state index in [0.717, 1.165) is 0 Å². The number of carbonyl (C=O) groups is 2. The highest BCUT2D eigenvalue weighted by Crippen LogP contribution is 2.34. The summed E-state index contributed by atoms with van der Waals surface area (Å²) in [6, 6.07) is 15.1. The lowest BCUT2D eigenvalue weighted by Crippen LogP contribution is -2.23. The lowest BCUT2D eigenvalue weighted by molar-refractivity contribution is 0.0981. The van der Waals surface area contributed by atoms with E-state index < -0.39 is 0 Å². The Labute approximate surface area is 147 Å². The van der Waals surface area contributed by atoms with E-state index in [1.54, 1.807) is 42.5 Å². The third kappa shape index (κ3) is 1.71. The molecule has 0 atom stereocenters. The molecule has 0 saturated carbocycles. The van der Waals surface area contributed by atoms with E-state index in [9.17, 15) is 14.4 Å². The number of fused-ring (bicyclic) bond motifs is 5. The first-order chi connectivity index (χ1) is 12.6. The number of pyridine rings is 1. The number of nitrogen functional groups attached to an aromatic ring is 1. The summed E-state index contributed by atoms with van der Waals surface area (Å²) in [4.78, 5) is 42.1. The summed E-state index contributed by atoms with van der Waals surface area (Å²) in [5.74, 6) is -0.609. The summed E-state index contributed by atoms with van der Waals surface area (Å²) in [7, 11) is 0. The zero-order valence-electron chi connectivity index (χ0n) is 13.5. The minimum absolute atomic E-state index is 0.171. The highest BCUT2D eigenvalue weighted by atomic mass is 16.1. The molecule has 1 aromatic heterocycles. The minimum Gasteiger partial charge on any atom is -0.398 e. The van der Waals surface area contributed by atoms with Gasteiger partial charge in [-0.05, 0) is 30.3 Å². The molecule has 0 radical (unpaired) electrons. The van der Waals surface area contributed by atoms with Gasteiger partial charge in [-0.3, -0.25) is 14.4 Å². The molecule has 3 N–H and O–H groups in total. The van der Waals surface area contributed by atoms with Crippen LogP contribution in [0.1, 0.15) is 31.8 Å².